The first-order valence-corrected chi connectivity index (χ1v) is 18.7. The van der Waals surface area contributed by atoms with Gasteiger partial charge in [-0.2, -0.15) is 0 Å². The monoisotopic (exact) mass is 597 g/mol. The summed E-state index contributed by atoms with van der Waals surface area (Å²) >= 11 is -0.248. The third kappa shape index (κ3) is 12.4. The molecule has 2 rings (SSSR count). The van der Waals surface area contributed by atoms with Crippen molar-refractivity contribution in [2.45, 2.75) is 120 Å². The minimum absolute atomic E-state index is 0.246. The Hall–Kier alpha value is -0.790. The standard InChI is InChI=1S/C34H67N3O3S/c1-28(2)12-10-11-13-30(38)37-23-17-34(8,18-24-37)33(6,7)19-27-41(9)35-20-26-40-25-16-31(39)36-21-14-29(15-22-36)32(3,4)5/h28-29,35,41H,10-27H2,1-9H3. The number of piperidine rings is 2. The third-order valence-corrected chi connectivity index (χ3v) is 12.2. The van der Waals surface area contributed by atoms with E-state index in [1.807, 2.05) is 4.90 Å². The number of thiol groups is 1. The van der Waals surface area contributed by atoms with E-state index in [1.165, 1.54) is 25.0 Å². The third-order valence-electron chi connectivity index (χ3n) is 10.5. The van der Waals surface area contributed by atoms with Crippen LogP contribution in [-0.2, 0) is 14.3 Å². The van der Waals surface area contributed by atoms with Crippen LogP contribution in [0, 0.1) is 28.1 Å². The van der Waals surface area contributed by atoms with Gasteiger partial charge in [-0.3, -0.25) is 14.3 Å². The van der Waals surface area contributed by atoms with Gasteiger partial charge >= 0.3 is 0 Å². The molecular formula is C34H67N3O3S. The van der Waals surface area contributed by atoms with Crippen LogP contribution in [0.4, 0.5) is 0 Å². The maximum Gasteiger partial charge on any atom is 0.224 e. The molecule has 0 bridgehead atoms. The average molecular weight is 598 g/mol. The first-order chi connectivity index (χ1) is 19.1. The van der Waals surface area contributed by atoms with E-state index in [0.29, 0.717) is 36.9 Å². The molecule has 0 spiro atoms. The lowest BCUT2D eigenvalue weighted by Gasteiger charge is -2.50. The quantitative estimate of drug-likeness (QED) is 0.148. The number of nitrogens with one attached hydrogen (secondary N) is 1. The van der Waals surface area contributed by atoms with Crippen LogP contribution in [0.3, 0.4) is 0 Å². The fourth-order valence-corrected chi connectivity index (χ4v) is 7.99. The lowest BCUT2D eigenvalue weighted by molar-refractivity contribution is -0.135. The van der Waals surface area contributed by atoms with Crippen LogP contribution in [0.25, 0.3) is 0 Å². The van der Waals surface area contributed by atoms with Crippen LogP contribution in [0.5, 0.6) is 0 Å². The summed E-state index contributed by atoms with van der Waals surface area (Å²) < 4.78 is 9.50. The minimum Gasteiger partial charge on any atom is -0.380 e. The molecule has 2 heterocycles. The van der Waals surface area contributed by atoms with Crippen LogP contribution >= 0.6 is 11.1 Å². The van der Waals surface area contributed by atoms with E-state index in [1.54, 1.807) is 0 Å². The Kier molecular flexibility index (Phi) is 15.0. The van der Waals surface area contributed by atoms with E-state index >= 15 is 0 Å². The minimum atomic E-state index is -0.248. The van der Waals surface area contributed by atoms with Gasteiger partial charge in [0.25, 0.3) is 0 Å². The normalized spacial score (nSPS) is 20.0. The fraction of sp³-hybridized carbons (Fsp3) is 0.941. The second-order valence-electron chi connectivity index (χ2n) is 15.4. The Morgan fingerprint density at radius 2 is 1.51 bits per heavy atom. The van der Waals surface area contributed by atoms with Gasteiger partial charge in [0.1, 0.15) is 0 Å². The number of carbonyl (C=O) groups excluding carboxylic acids is 2. The van der Waals surface area contributed by atoms with Gasteiger partial charge in [-0.15, -0.1) is 0 Å². The van der Waals surface area contributed by atoms with Gasteiger partial charge in [-0.25, -0.2) is 11.1 Å². The predicted molar refractivity (Wildman–Crippen MR) is 178 cm³/mol. The zero-order valence-electron chi connectivity index (χ0n) is 28.4. The maximum absolute atomic E-state index is 12.7. The first kappa shape index (κ1) is 36.4. The average Bonchev–Trinajstić information content (AvgIpc) is 2.91. The molecule has 0 aromatic carbocycles. The molecule has 0 aromatic rings. The van der Waals surface area contributed by atoms with Crippen molar-refractivity contribution >= 4 is 22.9 Å². The van der Waals surface area contributed by atoms with Crippen molar-refractivity contribution in [3.8, 4) is 0 Å². The number of carbonyl (C=O) groups is 2. The molecule has 6 nitrogen and oxygen atoms in total. The smallest absolute Gasteiger partial charge is 0.224 e. The number of unbranched alkanes of at least 4 members (excludes halogenated alkanes) is 1. The Morgan fingerprint density at radius 3 is 2.10 bits per heavy atom. The van der Waals surface area contributed by atoms with E-state index < -0.39 is 0 Å². The van der Waals surface area contributed by atoms with Gasteiger partial charge in [0.15, 0.2) is 0 Å². The Balaban J connectivity index is 1.57. The van der Waals surface area contributed by atoms with E-state index in [9.17, 15) is 9.59 Å². The van der Waals surface area contributed by atoms with Gasteiger partial charge in [0.05, 0.1) is 19.6 Å². The molecule has 2 aliphatic rings. The van der Waals surface area contributed by atoms with Crippen molar-refractivity contribution in [2.75, 3.05) is 57.9 Å². The molecule has 2 saturated heterocycles. The van der Waals surface area contributed by atoms with Gasteiger partial charge in [0, 0.05) is 39.1 Å². The van der Waals surface area contributed by atoms with Gasteiger partial charge in [-0.05, 0) is 78.6 Å². The van der Waals surface area contributed by atoms with Crippen LogP contribution in [-0.4, -0.2) is 79.6 Å². The van der Waals surface area contributed by atoms with E-state index in [4.69, 9.17) is 4.74 Å². The predicted octanol–water partition coefficient (Wildman–Crippen LogP) is 7.07. The summed E-state index contributed by atoms with van der Waals surface area (Å²) in [6, 6.07) is 0. The summed E-state index contributed by atoms with van der Waals surface area (Å²) in [6.45, 7) is 24.4. The highest BCUT2D eigenvalue weighted by Gasteiger charge is 2.43. The van der Waals surface area contributed by atoms with E-state index in [0.717, 1.165) is 77.2 Å². The number of likely N-dealkylation sites (tertiary alicyclic amines) is 2. The largest absolute Gasteiger partial charge is 0.380 e. The van der Waals surface area contributed by atoms with E-state index in [2.05, 4.69) is 71.3 Å². The highest BCUT2D eigenvalue weighted by molar-refractivity contribution is 8.14. The second kappa shape index (κ2) is 16.9. The van der Waals surface area contributed by atoms with E-state index in [-0.39, 0.29) is 27.8 Å². The topological polar surface area (TPSA) is 61.9 Å². The van der Waals surface area contributed by atoms with Crippen LogP contribution in [0.2, 0.25) is 0 Å². The Labute approximate surface area is 257 Å². The molecule has 2 fully saturated rings. The second-order valence-corrected chi connectivity index (χ2v) is 17.6. The molecule has 0 saturated carbocycles. The fourth-order valence-electron chi connectivity index (χ4n) is 6.46. The molecule has 1 unspecified atom stereocenters. The molecule has 41 heavy (non-hydrogen) atoms. The molecule has 242 valence electrons. The Bertz CT molecular complexity index is 779. The summed E-state index contributed by atoms with van der Waals surface area (Å²) in [4.78, 5) is 29.5. The van der Waals surface area contributed by atoms with Crippen molar-refractivity contribution in [1.29, 1.82) is 0 Å². The highest BCUT2D eigenvalue weighted by atomic mass is 32.2. The number of nitrogens with zero attached hydrogens (tertiary/aromatic N) is 2. The summed E-state index contributed by atoms with van der Waals surface area (Å²) in [6.07, 6.45) is 12.6. The van der Waals surface area contributed by atoms with Crippen molar-refractivity contribution in [3.63, 3.8) is 0 Å². The highest BCUT2D eigenvalue weighted by Crippen LogP contribution is 2.49. The number of ether oxygens (including phenoxy) is 1. The molecule has 2 aliphatic heterocycles. The van der Waals surface area contributed by atoms with Crippen LogP contribution in [0.15, 0.2) is 0 Å². The molecule has 0 radical (unpaired) electrons. The zero-order chi connectivity index (χ0) is 30.7. The van der Waals surface area contributed by atoms with Gasteiger partial charge in [0.2, 0.25) is 11.8 Å². The zero-order valence-corrected chi connectivity index (χ0v) is 29.3. The van der Waals surface area contributed by atoms with Crippen molar-refractivity contribution in [2.24, 2.45) is 28.1 Å². The molecule has 1 atom stereocenters. The summed E-state index contributed by atoms with van der Waals surface area (Å²) in [5, 5.41) is 0. The SMILES string of the molecule is CC(C)CCCCC(=O)N1CCC(C)(C(C)(C)CC[SH](C)NCCOCCC(=O)N2CCC(C(C)(C)C)CC2)CC1. The number of hydrogen-bond donors (Lipinski definition) is 2. The van der Waals surface area contributed by atoms with Crippen LogP contribution in [0.1, 0.15) is 120 Å². The van der Waals surface area contributed by atoms with Crippen LogP contribution < -0.4 is 4.72 Å². The number of amides is 2. The van der Waals surface area contributed by atoms with Crippen molar-refractivity contribution in [1.82, 2.24) is 14.5 Å². The molecule has 0 aliphatic carbocycles. The Morgan fingerprint density at radius 1 is 0.927 bits per heavy atom. The summed E-state index contributed by atoms with van der Waals surface area (Å²) in [5.41, 5.74) is 0.856. The molecule has 7 heteroatoms. The summed E-state index contributed by atoms with van der Waals surface area (Å²) in [5.74, 6) is 3.24. The molecule has 2 amide bonds. The number of hydrogen-bond acceptors (Lipinski definition) is 4. The van der Waals surface area contributed by atoms with Crippen molar-refractivity contribution < 1.29 is 14.3 Å². The first-order valence-electron chi connectivity index (χ1n) is 16.7. The lowest BCUT2D eigenvalue weighted by atomic mass is 9.60. The molecule has 1 N–H and O–H groups in total. The number of rotatable bonds is 16. The van der Waals surface area contributed by atoms with Gasteiger partial charge < -0.3 is 14.5 Å². The van der Waals surface area contributed by atoms with Gasteiger partial charge in [-0.1, -0.05) is 68.2 Å². The lowest BCUT2D eigenvalue weighted by Crippen LogP contribution is -2.48. The maximum atomic E-state index is 12.7. The van der Waals surface area contributed by atoms with Crippen molar-refractivity contribution in [3.05, 3.63) is 0 Å². The molecule has 0 aromatic heterocycles. The molecular weight excluding hydrogens is 530 g/mol. The summed E-state index contributed by atoms with van der Waals surface area (Å²) in [7, 11) is 0.